The predicted octanol–water partition coefficient (Wildman–Crippen LogP) is 5.49. The third kappa shape index (κ3) is 6.48. The Morgan fingerprint density at radius 3 is 1.58 bits per heavy atom. The van der Waals surface area contributed by atoms with Gasteiger partial charge in [0.2, 0.25) is 0 Å². The van der Waals surface area contributed by atoms with Crippen molar-refractivity contribution in [3.8, 4) is 0 Å². The van der Waals surface area contributed by atoms with E-state index in [2.05, 4.69) is 52.3 Å². The third-order valence-electron chi connectivity index (χ3n) is 5.22. The highest BCUT2D eigenvalue weighted by molar-refractivity contribution is 9.09. The molecule has 4 nitrogen and oxygen atoms in total. The molecule has 0 bridgehead atoms. The summed E-state index contributed by atoms with van der Waals surface area (Å²) in [7, 11) is 0. The van der Waals surface area contributed by atoms with Crippen LogP contribution in [0.5, 0.6) is 0 Å². The molecule has 0 radical (unpaired) electrons. The first-order valence-corrected chi connectivity index (χ1v) is 11.4. The average molecular weight is 483 g/mol. The Morgan fingerprint density at radius 1 is 0.613 bits per heavy atom. The van der Waals surface area contributed by atoms with Crippen LogP contribution in [0.25, 0.3) is 0 Å². The van der Waals surface area contributed by atoms with Crippen LogP contribution in [0, 0.1) is 0 Å². The van der Waals surface area contributed by atoms with Crippen LogP contribution in [0.1, 0.15) is 16.7 Å². The molecule has 3 aromatic carbocycles. The van der Waals surface area contributed by atoms with Gasteiger partial charge < -0.3 is 18.9 Å². The highest BCUT2D eigenvalue weighted by Gasteiger charge is 2.45. The fraction of sp³-hybridized carbons (Fsp3) is 0.308. The number of alkyl halides is 1. The van der Waals surface area contributed by atoms with E-state index in [4.69, 9.17) is 18.9 Å². The van der Waals surface area contributed by atoms with Crippen LogP contribution >= 0.6 is 15.9 Å². The summed E-state index contributed by atoms with van der Waals surface area (Å²) in [5.74, 6) is 0. The molecule has 1 saturated heterocycles. The lowest BCUT2D eigenvalue weighted by atomic mass is 10.1. The lowest BCUT2D eigenvalue weighted by molar-refractivity contribution is -0.0895. The van der Waals surface area contributed by atoms with Crippen molar-refractivity contribution in [2.24, 2.45) is 0 Å². The minimum Gasteiger partial charge on any atom is -0.374 e. The van der Waals surface area contributed by atoms with Gasteiger partial charge in [-0.3, -0.25) is 0 Å². The molecule has 162 valence electrons. The van der Waals surface area contributed by atoms with Gasteiger partial charge in [-0.15, -0.1) is 0 Å². The van der Waals surface area contributed by atoms with Gasteiger partial charge in [0.15, 0.2) is 0 Å². The molecular weight excluding hydrogens is 456 g/mol. The van der Waals surface area contributed by atoms with Crippen molar-refractivity contribution in [1.29, 1.82) is 0 Å². The molecule has 1 aliphatic heterocycles. The van der Waals surface area contributed by atoms with Gasteiger partial charge in [-0.1, -0.05) is 107 Å². The molecule has 0 N–H and O–H groups in total. The number of hydrogen-bond donors (Lipinski definition) is 0. The van der Waals surface area contributed by atoms with E-state index in [1.165, 1.54) is 0 Å². The fourth-order valence-corrected chi connectivity index (χ4v) is 4.32. The quantitative estimate of drug-likeness (QED) is 0.357. The van der Waals surface area contributed by atoms with Crippen molar-refractivity contribution >= 4 is 15.9 Å². The minimum absolute atomic E-state index is 0.224. The van der Waals surface area contributed by atoms with Crippen LogP contribution in [0.4, 0.5) is 0 Å². The van der Waals surface area contributed by atoms with Crippen molar-refractivity contribution in [3.63, 3.8) is 0 Å². The first kappa shape index (κ1) is 22.2. The van der Waals surface area contributed by atoms with E-state index in [-0.39, 0.29) is 23.3 Å². The maximum atomic E-state index is 6.32. The van der Waals surface area contributed by atoms with Gasteiger partial charge in [0.1, 0.15) is 23.3 Å². The summed E-state index contributed by atoms with van der Waals surface area (Å²) in [5.41, 5.74) is 3.37. The molecule has 1 fully saturated rings. The Kier molecular flexibility index (Phi) is 8.27. The molecule has 0 aromatic heterocycles. The molecule has 0 spiro atoms. The number of ether oxygens (including phenoxy) is 4. The van der Waals surface area contributed by atoms with Crippen molar-refractivity contribution in [2.75, 3.05) is 6.61 Å². The first-order valence-electron chi connectivity index (χ1n) is 10.5. The van der Waals surface area contributed by atoms with Gasteiger partial charge in [-0.2, -0.15) is 0 Å². The monoisotopic (exact) mass is 482 g/mol. The molecule has 4 atom stereocenters. The zero-order chi connectivity index (χ0) is 21.3. The number of hydrogen-bond acceptors (Lipinski definition) is 4. The fourth-order valence-electron chi connectivity index (χ4n) is 3.59. The van der Waals surface area contributed by atoms with E-state index >= 15 is 0 Å². The second-order valence-electron chi connectivity index (χ2n) is 7.55. The molecule has 0 saturated carbocycles. The average Bonchev–Trinajstić information content (AvgIpc) is 3.12. The summed E-state index contributed by atoms with van der Waals surface area (Å²) in [6.07, 6.45) is -0.712. The Labute approximate surface area is 192 Å². The van der Waals surface area contributed by atoms with Crippen molar-refractivity contribution < 1.29 is 18.9 Å². The van der Waals surface area contributed by atoms with Crippen molar-refractivity contribution in [2.45, 2.75) is 43.1 Å². The Morgan fingerprint density at radius 2 is 1.06 bits per heavy atom. The molecule has 1 unspecified atom stereocenters. The Hall–Kier alpha value is -2.02. The highest BCUT2D eigenvalue weighted by Crippen LogP contribution is 2.32. The van der Waals surface area contributed by atoms with E-state index in [0.29, 0.717) is 26.4 Å². The summed E-state index contributed by atoms with van der Waals surface area (Å²) in [6, 6.07) is 30.4. The van der Waals surface area contributed by atoms with E-state index < -0.39 is 0 Å². The van der Waals surface area contributed by atoms with Gasteiger partial charge in [0.25, 0.3) is 0 Å². The lowest BCUT2D eigenvalue weighted by Crippen LogP contribution is -2.38. The molecule has 4 rings (SSSR count). The van der Waals surface area contributed by atoms with Crippen molar-refractivity contribution in [3.05, 3.63) is 108 Å². The lowest BCUT2D eigenvalue weighted by Gasteiger charge is -2.24. The van der Waals surface area contributed by atoms with Gasteiger partial charge in [0.05, 0.1) is 26.4 Å². The first-order chi connectivity index (χ1) is 15.3. The molecular formula is C26H27BrO4. The number of rotatable bonds is 10. The van der Waals surface area contributed by atoms with Crippen LogP contribution in [0.3, 0.4) is 0 Å². The summed E-state index contributed by atoms with van der Waals surface area (Å²) in [6.45, 7) is 1.96. The largest absolute Gasteiger partial charge is 0.374 e. The van der Waals surface area contributed by atoms with Crippen LogP contribution in [0.15, 0.2) is 91.0 Å². The van der Waals surface area contributed by atoms with Crippen LogP contribution in [-0.2, 0) is 38.8 Å². The van der Waals surface area contributed by atoms with E-state index in [9.17, 15) is 0 Å². The Bertz CT molecular complexity index is 891. The molecule has 31 heavy (non-hydrogen) atoms. The number of benzene rings is 3. The molecule has 0 amide bonds. The number of halogens is 1. The second kappa shape index (κ2) is 11.6. The summed E-state index contributed by atoms with van der Waals surface area (Å²) in [4.78, 5) is 0. The van der Waals surface area contributed by atoms with Crippen LogP contribution in [0.2, 0.25) is 0 Å². The smallest absolute Gasteiger partial charge is 0.141 e. The van der Waals surface area contributed by atoms with Crippen LogP contribution < -0.4 is 0 Å². The topological polar surface area (TPSA) is 36.9 Å². The normalized spacial score (nSPS) is 23.1. The predicted molar refractivity (Wildman–Crippen MR) is 124 cm³/mol. The van der Waals surface area contributed by atoms with Gasteiger partial charge in [-0.25, -0.2) is 0 Å². The third-order valence-corrected chi connectivity index (χ3v) is 5.95. The van der Waals surface area contributed by atoms with E-state index in [0.717, 1.165) is 16.7 Å². The Balaban J connectivity index is 1.39. The van der Waals surface area contributed by atoms with E-state index in [1.54, 1.807) is 0 Å². The zero-order valence-corrected chi connectivity index (χ0v) is 18.9. The standard InChI is InChI=1S/C26H27BrO4/c27-26-25(30-18-22-14-8-3-9-15-22)24(29-17-21-12-6-2-7-13-21)23(31-26)19-28-16-20-10-4-1-5-11-20/h1-15,23-26H,16-19H2/t23-,24-,25-,26?/m1/s1. The zero-order valence-electron chi connectivity index (χ0n) is 17.3. The van der Waals surface area contributed by atoms with Gasteiger partial charge in [-0.05, 0) is 16.7 Å². The molecule has 1 aliphatic rings. The summed E-state index contributed by atoms with van der Waals surface area (Å²) >= 11 is 3.64. The summed E-state index contributed by atoms with van der Waals surface area (Å²) in [5, 5.41) is -0.262. The van der Waals surface area contributed by atoms with Gasteiger partial charge in [0, 0.05) is 0 Å². The van der Waals surface area contributed by atoms with Gasteiger partial charge >= 0.3 is 0 Å². The SMILES string of the molecule is BrC1O[C@H](COCc2ccccc2)[C@@H](OCc2ccccc2)[C@H]1OCc1ccccc1. The maximum absolute atomic E-state index is 6.32. The van der Waals surface area contributed by atoms with Crippen LogP contribution in [-0.4, -0.2) is 29.9 Å². The highest BCUT2D eigenvalue weighted by atomic mass is 79.9. The van der Waals surface area contributed by atoms with Crippen molar-refractivity contribution in [1.82, 2.24) is 0 Å². The second-order valence-corrected chi connectivity index (χ2v) is 8.45. The molecule has 0 aliphatic carbocycles. The minimum atomic E-state index is -0.262. The summed E-state index contributed by atoms with van der Waals surface area (Å²) < 4.78 is 24.7. The molecule has 3 aromatic rings. The molecule has 5 heteroatoms. The maximum Gasteiger partial charge on any atom is 0.141 e. The van der Waals surface area contributed by atoms with E-state index in [1.807, 2.05) is 54.6 Å². The molecule has 1 heterocycles.